The summed E-state index contributed by atoms with van der Waals surface area (Å²) in [4.78, 5) is 15.7. The average molecular weight is 396 g/mol. The topological polar surface area (TPSA) is 83.3 Å². The number of benzene rings is 1. The molecule has 10 heteroatoms. The van der Waals surface area contributed by atoms with Crippen LogP contribution in [0.15, 0.2) is 35.5 Å². The molecule has 3 N–H and O–H groups in total. The number of carbonyl (C=O) groups excluding carboxylic acids is 1. The fourth-order valence-electron chi connectivity index (χ4n) is 2.64. The number of hydrogen-bond donors (Lipinski definition) is 3. The summed E-state index contributed by atoms with van der Waals surface area (Å²) in [5, 5.41) is 11.9. The summed E-state index contributed by atoms with van der Waals surface area (Å²) in [6.45, 7) is 0.435. The van der Waals surface area contributed by atoms with Crippen LogP contribution in [0.4, 0.5) is 13.2 Å². The zero-order chi connectivity index (χ0) is 20.7. The molecular weight excluding hydrogens is 373 g/mol. The van der Waals surface area contributed by atoms with Crippen LogP contribution in [0.2, 0.25) is 0 Å². The van der Waals surface area contributed by atoms with Crippen LogP contribution >= 0.6 is 0 Å². The summed E-state index contributed by atoms with van der Waals surface area (Å²) in [5.41, 5.74) is 0.648. The Hall–Kier alpha value is -3.04. The van der Waals surface area contributed by atoms with E-state index in [1.54, 1.807) is 25.2 Å². The molecule has 152 valence electrons. The molecule has 1 aromatic carbocycles. The first kappa shape index (κ1) is 21.3. The van der Waals surface area contributed by atoms with E-state index in [2.05, 4.69) is 26.0 Å². The van der Waals surface area contributed by atoms with E-state index in [9.17, 15) is 18.0 Å². The molecule has 0 atom stereocenters. The monoisotopic (exact) mass is 396 g/mol. The first-order chi connectivity index (χ1) is 13.2. The van der Waals surface area contributed by atoms with Crippen LogP contribution in [0, 0.1) is 0 Å². The number of halogens is 3. The molecule has 0 bridgehead atoms. The van der Waals surface area contributed by atoms with Gasteiger partial charge in [-0.15, -0.1) is 0 Å². The highest BCUT2D eigenvalue weighted by atomic mass is 19.4. The van der Waals surface area contributed by atoms with Gasteiger partial charge in [0, 0.05) is 51.6 Å². The zero-order valence-electron chi connectivity index (χ0n) is 15.9. The van der Waals surface area contributed by atoms with Crippen molar-refractivity contribution in [3.05, 3.63) is 52.8 Å². The third-order valence-corrected chi connectivity index (χ3v) is 3.97. The van der Waals surface area contributed by atoms with Gasteiger partial charge in [-0.3, -0.25) is 14.5 Å². The van der Waals surface area contributed by atoms with Crippen molar-refractivity contribution in [2.24, 2.45) is 12.0 Å². The molecule has 2 rings (SSSR count). The molecule has 2 aromatic rings. The summed E-state index contributed by atoms with van der Waals surface area (Å²) < 4.78 is 40.1. The fourth-order valence-corrected chi connectivity index (χ4v) is 2.64. The van der Waals surface area contributed by atoms with Crippen molar-refractivity contribution < 1.29 is 18.0 Å². The minimum absolute atomic E-state index is 0.0382. The van der Waals surface area contributed by atoms with E-state index in [0.717, 1.165) is 10.2 Å². The van der Waals surface area contributed by atoms with Gasteiger partial charge in [0.2, 0.25) is 0 Å². The Balaban J connectivity index is 1.90. The number of aryl methyl sites for hydroxylation is 1. The highest BCUT2D eigenvalue weighted by molar-refractivity contribution is 5.94. The van der Waals surface area contributed by atoms with E-state index in [-0.39, 0.29) is 18.0 Å². The summed E-state index contributed by atoms with van der Waals surface area (Å²) in [6, 6.07) is 7.22. The Kier molecular flexibility index (Phi) is 7.02. The van der Waals surface area contributed by atoms with E-state index in [1.165, 1.54) is 20.3 Å². The molecule has 1 amide bonds. The number of aliphatic imine (C=N–C) groups is 1. The van der Waals surface area contributed by atoms with Crippen molar-refractivity contribution in [1.82, 2.24) is 25.7 Å². The molecule has 0 radical (unpaired) electrons. The van der Waals surface area contributed by atoms with Gasteiger partial charge in [0.1, 0.15) is 0 Å². The van der Waals surface area contributed by atoms with Crippen LogP contribution in [0.1, 0.15) is 27.2 Å². The number of nitrogens with one attached hydrogen (secondary N) is 3. The van der Waals surface area contributed by atoms with Crippen molar-refractivity contribution in [2.45, 2.75) is 19.1 Å². The Morgan fingerprint density at radius 2 is 2.04 bits per heavy atom. The summed E-state index contributed by atoms with van der Waals surface area (Å²) in [5.74, 6) is 0.212. The lowest BCUT2D eigenvalue weighted by molar-refractivity contribution is -0.142. The minimum Gasteiger partial charge on any atom is -0.356 e. The van der Waals surface area contributed by atoms with Gasteiger partial charge < -0.3 is 16.0 Å². The number of aromatic nitrogens is 2. The number of carbonyl (C=O) groups is 1. The van der Waals surface area contributed by atoms with Crippen LogP contribution in [0.3, 0.4) is 0 Å². The van der Waals surface area contributed by atoms with Gasteiger partial charge in [-0.25, -0.2) is 0 Å². The average Bonchev–Trinajstić information content (AvgIpc) is 3.05. The first-order valence-corrected chi connectivity index (χ1v) is 8.60. The quantitative estimate of drug-likeness (QED) is 0.513. The van der Waals surface area contributed by atoms with Crippen LogP contribution < -0.4 is 16.0 Å². The van der Waals surface area contributed by atoms with Gasteiger partial charge >= 0.3 is 6.18 Å². The maximum Gasteiger partial charge on any atom is 0.435 e. The van der Waals surface area contributed by atoms with Gasteiger partial charge in [-0.1, -0.05) is 12.1 Å². The molecule has 0 aliphatic heterocycles. The minimum atomic E-state index is -4.51. The van der Waals surface area contributed by atoms with E-state index in [4.69, 9.17) is 0 Å². The van der Waals surface area contributed by atoms with E-state index in [1.807, 2.05) is 6.07 Å². The third-order valence-electron chi connectivity index (χ3n) is 3.97. The number of hydrogen-bond acceptors (Lipinski definition) is 3. The first-order valence-electron chi connectivity index (χ1n) is 8.60. The smallest absolute Gasteiger partial charge is 0.356 e. The summed E-state index contributed by atoms with van der Waals surface area (Å²) >= 11 is 0. The molecule has 0 unspecified atom stereocenters. The fraction of sp³-hybridized carbons (Fsp3) is 0.389. The highest BCUT2D eigenvalue weighted by Crippen LogP contribution is 2.30. The lowest BCUT2D eigenvalue weighted by atomic mass is 10.1. The second kappa shape index (κ2) is 9.25. The molecule has 0 saturated carbocycles. The molecule has 7 nitrogen and oxygen atoms in total. The Labute approximate surface area is 161 Å². The van der Waals surface area contributed by atoms with Crippen molar-refractivity contribution in [2.75, 3.05) is 20.6 Å². The number of alkyl halides is 3. The number of rotatable bonds is 6. The molecule has 0 spiro atoms. The van der Waals surface area contributed by atoms with Crippen LogP contribution in [0.5, 0.6) is 0 Å². The van der Waals surface area contributed by atoms with Gasteiger partial charge in [0.15, 0.2) is 11.7 Å². The molecule has 1 aromatic heterocycles. The predicted octanol–water partition coefficient (Wildman–Crippen LogP) is 1.71. The maximum absolute atomic E-state index is 13.0. The molecular formula is C18H23F3N6O. The predicted molar refractivity (Wildman–Crippen MR) is 99.9 cm³/mol. The molecule has 0 saturated heterocycles. The van der Waals surface area contributed by atoms with E-state index in [0.29, 0.717) is 24.5 Å². The second-order valence-corrected chi connectivity index (χ2v) is 6.06. The van der Waals surface area contributed by atoms with E-state index >= 15 is 0 Å². The van der Waals surface area contributed by atoms with Crippen LogP contribution in [0.25, 0.3) is 0 Å². The van der Waals surface area contributed by atoms with Crippen LogP contribution in [-0.4, -0.2) is 42.3 Å². The van der Waals surface area contributed by atoms with Gasteiger partial charge in [0.05, 0.1) is 0 Å². The Morgan fingerprint density at radius 1 is 1.29 bits per heavy atom. The molecule has 1 heterocycles. The third kappa shape index (κ3) is 5.73. The molecule has 0 aliphatic carbocycles. The number of guanidine groups is 1. The van der Waals surface area contributed by atoms with Crippen molar-refractivity contribution in [3.8, 4) is 0 Å². The summed E-state index contributed by atoms with van der Waals surface area (Å²) in [7, 11) is 4.55. The normalized spacial score (nSPS) is 12.0. The number of amides is 1. The van der Waals surface area contributed by atoms with Gasteiger partial charge in [0.25, 0.3) is 5.91 Å². The van der Waals surface area contributed by atoms with Crippen LogP contribution in [-0.2, 0) is 26.2 Å². The Morgan fingerprint density at radius 3 is 2.68 bits per heavy atom. The lowest BCUT2D eigenvalue weighted by Crippen LogP contribution is -2.38. The molecule has 0 aliphatic rings. The maximum atomic E-state index is 13.0. The standard InChI is InChI=1S/C18H23F3N6O/c1-22-16(28)13-6-4-5-12(9-13)7-8-24-17(23-2)25-10-14-11-27(3)26-15(14)18(19,20)21/h4-6,9,11H,7-8,10H2,1-3H3,(H,22,28)(H2,23,24,25). The largest absolute Gasteiger partial charge is 0.435 e. The zero-order valence-corrected chi connectivity index (χ0v) is 15.9. The number of nitrogens with zero attached hydrogens (tertiary/aromatic N) is 3. The summed E-state index contributed by atoms with van der Waals surface area (Å²) in [6.07, 6.45) is -2.56. The molecule has 28 heavy (non-hydrogen) atoms. The van der Waals surface area contributed by atoms with Crippen molar-refractivity contribution in [1.29, 1.82) is 0 Å². The van der Waals surface area contributed by atoms with E-state index < -0.39 is 11.9 Å². The second-order valence-electron chi connectivity index (χ2n) is 6.06. The SMILES string of the molecule is CN=C(NCCc1cccc(C(=O)NC)c1)NCc1cn(C)nc1C(F)(F)F. The van der Waals surface area contributed by atoms with Crippen molar-refractivity contribution in [3.63, 3.8) is 0 Å². The van der Waals surface area contributed by atoms with Gasteiger partial charge in [-0.2, -0.15) is 18.3 Å². The molecule has 0 fully saturated rings. The van der Waals surface area contributed by atoms with Crippen molar-refractivity contribution >= 4 is 11.9 Å². The Bertz CT molecular complexity index is 844. The van der Waals surface area contributed by atoms with Gasteiger partial charge in [-0.05, 0) is 24.1 Å². The lowest BCUT2D eigenvalue weighted by Gasteiger charge is -2.13. The highest BCUT2D eigenvalue weighted by Gasteiger charge is 2.36.